The van der Waals surface area contributed by atoms with Gasteiger partial charge in [-0.25, -0.2) is 0 Å². The number of carbonyl (C=O) groups is 1. The summed E-state index contributed by atoms with van der Waals surface area (Å²) in [6.45, 7) is 6.14. The van der Waals surface area contributed by atoms with Gasteiger partial charge in [0.15, 0.2) is 11.5 Å². The largest absolute Gasteiger partial charge is 0.490 e. The van der Waals surface area contributed by atoms with Crippen LogP contribution >= 0.6 is 11.8 Å². The molecule has 3 heterocycles. The standard InChI is InChI=1S/C25H27N3O4S/c1-16-11-17(2)13-19(12-16)24-26-27-25(32-24)33-15-23(29)28-8-3-5-20(28)18-6-7-21-22(14-18)31-10-4-9-30-21/h6-7,11-14,20H,3-5,8-10,15H2,1-2H3/t20-/m1/s1. The Morgan fingerprint density at radius 3 is 2.64 bits per heavy atom. The lowest BCUT2D eigenvalue weighted by molar-refractivity contribution is -0.129. The number of hydrogen-bond acceptors (Lipinski definition) is 7. The van der Waals surface area contributed by atoms with Crippen molar-refractivity contribution in [2.75, 3.05) is 25.5 Å². The Labute approximate surface area is 197 Å². The molecule has 0 saturated carbocycles. The van der Waals surface area contributed by atoms with Gasteiger partial charge in [0.05, 0.1) is 25.0 Å². The maximum absolute atomic E-state index is 13.1. The van der Waals surface area contributed by atoms with Gasteiger partial charge in [-0.1, -0.05) is 35.0 Å². The molecule has 0 radical (unpaired) electrons. The highest BCUT2D eigenvalue weighted by Crippen LogP contribution is 2.38. The van der Waals surface area contributed by atoms with E-state index < -0.39 is 0 Å². The van der Waals surface area contributed by atoms with Gasteiger partial charge in [-0.2, -0.15) is 0 Å². The Hall–Kier alpha value is -3.00. The number of nitrogens with zero attached hydrogens (tertiary/aromatic N) is 3. The monoisotopic (exact) mass is 465 g/mol. The van der Waals surface area contributed by atoms with Crippen molar-refractivity contribution in [2.24, 2.45) is 0 Å². The molecule has 7 nitrogen and oxygen atoms in total. The van der Waals surface area contributed by atoms with Crippen LogP contribution in [0.3, 0.4) is 0 Å². The second-order valence-corrected chi connectivity index (χ2v) is 9.47. The summed E-state index contributed by atoms with van der Waals surface area (Å²) >= 11 is 1.29. The maximum Gasteiger partial charge on any atom is 0.277 e. The number of likely N-dealkylation sites (tertiary alicyclic amines) is 1. The number of fused-ring (bicyclic) bond motifs is 1. The Morgan fingerprint density at radius 2 is 1.82 bits per heavy atom. The third kappa shape index (κ3) is 4.85. The van der Waals surface area contributed by atoms with Crippen molar-refractivity contribution in [3.8, 4) is 23.0 Å². The normalized spacial score (nSPS) is 17.8. The van der Waals surface area contributed by atoms with E-state index in [0.717, 1.165) is 59.6 Å². The predicted octanol–water partition coefficient (Wildman–Crippen LogP) is 4.97. The summed E-state index contributed by atoms with van der Waals surface area (Å²) in [7, 11) is 0. The number of thioether (sulfide) groups is 1. The highest BCUT2D eigenvalue weighted by atomic mass is 32.2. The van der Waals surface area contributed by atoms with Crippen LogP contribution in [-0.4, -0.2) is 46.5 Å². The van der Waals surface area contributed by atoms with E-state index in [1.165, 1.54) is 11.8 Å². The van der Waals surface area contributed by atoms with Gasteiger partial charge < -0.3 is 18.8 Å². The Bertz CT molecular complexity index is 1140. The summed E-state index contributed by atoms with van der Waals surface area (Å²) in [5.74, 6) is 2.35. The highest BCUT2D eigenvalue weighted by molar-refractivity contribution is 7.99. The molecule has 0 bridgehead atoms. The third-order valence-electron chi connectivity index (χ3n) is 5.92. The molecule has 2 aromatic carbocycles. The molecule has 1 atom stereocenters. The zero-order chi connectivity index (χ0) is 22.8. The number of rotatable bonds is 5. The molecule has 0 N–H and O–H groups in total. The van der Waals surface area contributed by atoms with Crippen molar-refractivity contribution in [2.45, 2.75) is 44.4 Å². The first-order valence-electron chi connectivity index (χ1n) is 11.3. The molecule has 1 fully saturated rings. The van der Waals surface area contributed by atoms with Crippen LogP contribution in [0.4, 0.5) is 0 Å². The third-order valence-corrected chi connectivity index (χ3v) is 6.73. The summed E-state index contributed by atoms with van der Waals surface area (Å²) in [5, 5.41) is 8.70. The smallest absolute Gasteiger partial charge is 0.277 e. The zero-order valence-corrected chi connectivity index (χ0v) is 19.7. The van der Waals surface area contributed by atoms with Crippen molar-refractivity contribution in [3.05, 3.63) is 53.1 Å². The molecular weight excluding hydrogens is 438 g/mol. The lowest BCUT2D eigenvalue weighted by Gasteiger charge is -2.25. The van der Waals surface area contributed by atoms with Crippen LogP contribution in [0.15, 0.2) is 46.0 Å². The molecule has 2 aliphatic heterocycles. The van der Waals surface area contributed by atoms with E-state index in [1.54, 1.807) is 0 Å². The molecule has 2 aliphatic rings. The summed E-state index contributed by atoms with van der Waals surface area (Å²) < 4.78 is 17.4. The minimum absolute atomic E-state index is 0.0452. The molecule has 1 saturated heterocycles. The van der Waals surface area contributed by atoms with Crippen molar-refractivity contribution < 1.29 is 18.7 Å². The van der Waals surface area contributed by atoms with Gasteiger partial charge in [-0.3, -0.25) is 4.79 Å². The van der Waals surface area contributed by atoms with Gasteiger partial charge in [-0.05, 0) is 56.5 Å². The Kier molecular flexibility index (Phi) is 6.26. The number of hydrogen-bond donors (Lipinski definition) is 0. The van der Waals surface area contributed by atoms with E-state index in [2.05, 4.69) is 16.3 Å². The Balaban J connectivity index is 1.25. The molecule has 0 aliphatic carbocycles. The molecule has 8 heteroatoms. The predicted molar refractivity (Wildman–Crippen MR) is 126 cm³/mol. The van der Waals surface area contributed by atoms with E-state index in [0.29, 0.717) is 24.3 Å². The number of amides is 1. The average Bonchev–Trinajstić information content (AvgIpc) is 3.42. The number of aryl methyl sites for hydroxylation is 2. The molecule has 172 valence electrons. The lowest BCUT2D eigenvalue weighted by atomic mass is 10.0. The first kappa shape index (κ1) is 21.8. The van der Waals surface area contributed by atoms with E-state index in [1.807, 2.05) is 49.1 Å². The van der Waals surface area contributed by atoms with Crippen LogP contribution in [0, 0.1) is 13.8 Å². The average molecular weight is 466 g/mol. The molecule has 5 rings (SSSR count). The first-order chi connectivity index (χ1) is 16.1. The molecular formula is C25H27N3O4S. The fourth-order valence-corrected chi connectivity index (χ4v) is 5.14. The number of benzene rings is 2. The zero-order valence-electron chi connectivity index (χ0n) is 18.9. The fraction of sp³-hybridized carbons (Fsp3) is 0.400. The van der Waals surface area contributed by atoms with Gasteiger partial charge in [0.1, 0.15) is 0 Å². The quantitative estimate of drug-likeness (QED) is 0.492. The van der Waals surface area contributed by atoms with Crippen molar-refractivity contribution >= 4 is 17.7 Å². The molecule has 3 aromatic rings. The van der Waals surface area contributed by atoms with Crippen molar-refractivity contribution in [1.82, 2.24) is 15.1 Å². The SMILES string of the molecule is Cc1cc(C)cc(-c2nnc(SCC(=O)N3CCC[C@@H]3c3ccc4c(c3)OCCCO4)o2)c1. The minimum Gasteiger partial charge on any atom is -0.490 e. The second kappa shape index (κ2) is 9.47. The Morgan fingerprint density at radius 1 is 1.03 bits per heavy atom. The van der Waals surface area contributed by atoms with Crippen molar-refractivity contribution in [1.29, 1.82) is 0 Å². The van der Waals surface area contributed by atoms with Gasteiger partial charge in [0, 0.05) is 18.5 Å². The fourth-order valence-electron chi connectivity index (χ4n) is 4.49. The van der Waals surface area contributed by atoms with E-state index in [9.17, 15) is 4.79 Å². The van der Waals surface area contributed by atoms with E-state index in [4.69, 9.17) is 13.9 Å². The first-order valence-corrected chi connectivity index (χ1v) is 12.3. The van der Waals surface area contributed by atoms with Crippen LogP contribution < -0.4 is 9.47 Å². The topological polar surface area (TPSA) is 77.7 Å². The number of aromatic nitrogens is 2. The summed E-state index contributed by atoms with van der Waals surface area (Å²) in [6, 6.07) is 12.2. The van der Waals surface area contributed by atoms with Crippen LogP contribution in [-0.2, 0) is 4.79 Å². The summed E-state index contributed by atoms with van der Waals surface area (Å²) in [4.78, 5) is 15.0. The summed E-state index contributed by atoms with van der Waals surface area (Å²) in [5.41, 5.74) is 4.27. The van der Waals surface area contributed by atoms with Gasteiger partial charge in [0.25, 0.3) is 5.22 Å². The minimum atomic E-state index is 0.0452. The molecule has 1 amide bonds. The van der Waals surface area contributed by atoms with Crippen LogP contribution in [0.1, 0.15) is 42.0 Å². The maximum atomic E-state index is 13.1. The molecule has 33 heavy (non-hydrogen) atoms. The number of carbonyl (C=O) groups excluding carboxylic acids is 1. The van der Waals surface area contributed by atoms with E-state index in [-0.39, 0.29) is 17.7 Å². The second-order valence-electron chi connectivity index (χ2n) is 8.54. The number of ether oxygens (including phenoxy) is 2. The molecule has 0 spiro atoms. The summed E-state index contributed by atoms with van der Waals surface area (Å²) in [6.07, 6.45) is 2.79. The molecule has 0 unspecified atom stereocenters. The van der Waals surface area contributed by atoms with Crippen molar-refractivity contribution in [3.63, 3.8) is 0 Å². The van der Waals surface area contributed by atoms with Crippen LogP contribution in [0.2, 0.25) is 0 Å². The van der Waals surface area contributed by atoms with Crippen LogP contribution in [0.5, 0.6) is 11.5 Å². The van der Waals surface area contributed by atoms with E-state index >= 15 is 0 Å². The van der Waals surface area contributed by atoms with Gasteiger partial charge in [-0.15, -0.1) is 10.2 Å². The lowest BCUT2D eigenvalue weighted by Crippen LogP contribution is -2.32. The van der Waals surface area contributed by atoms with Gasteiger partial charge >= 0.3 is 0 Å². The van der Waals surface area contributed by atoms with Gasteiger partial charge in [0.2, 0.25) is 11.8 Å². The highest BCUT2D eigenvalue weighted by Gasteiger charge is 2.31. The van der Waals surface area contributed by atoms with Crippen LogP contribution in [0.25, 0.3) is 11.5 Å². The molecule has 1 aromatic heterocycles.